The molecule has 3 rings (SSSR count). The molecule has 0 spiro atoms. The lowest BCUT2D eigenvalue weighted by Gasteiger charge is -2.41. The van der Waals surface area contributed by atoms with E-state index in [1.165, 1.54) is 6.42 Å². The minimum Gasteiger partial charge on any atom is -0.497 e. The van der Waals surface area contributed by atoms with E-state index in [2.05, 4.69) is 16.0 Å². The fourth-order valence-corrected chi connectivity index (χ4v) is 3.87. The predicted molar refractivity (Wildman–Crippen MR) is 94.9 cm³/mol. The Kier molecular flexibility index (Phi) is 6.10. The third-order valence-corrected chi connectivity index (χ3v) is 5.28. The monoisotopic (exact) mass is 331 g/mol. The largest absolute Gasteiger partial charge is 0.497 e. The number of nitrogens with one attached hydrogen (secondary N) is 3. The minimum absolute atomic E-state index is 0.140. The van der Waals surface area contributed by atoms with Crippen LogP contribution >= 0.6 is 0 Å². The Morgan fingerprint density at radius 1 is 1.25 bits per heavy atom. The summed E-state index contributed by atoms with van der Waals surface area (Å²) in [6, 6.07) is 8.38. The van der Waals surface area contributed by atoms with E-state index in [-0.39, 0.29) is 5.91 Å². The summed E-state index contributed by atoms with van der Waals surface area (Å²) in [6.07, 6.45) is 3.99. The average molecular weight is 331 g/mol. The highest BCUT2D eigenvalue weighted by molar-refractivity contribution is 5.75. The van der Waals surface area contributed by atoms with Crippen molar-refractivity contribution in [1.29, 1.82) is 0 Å². The second-order valence-corrected chi connectivity index (χ2v) is 7.05. The number of amides is 1. The van der Waals surface area contributed by atoms with E-state index < -0.39 is 0 Å². The van der Waals surface area contributed by atoms with Crippen molar-refractivity contribution < 1.29 is 9.53 Å². The van der Waals surface area contributed by atoms with Gasteiger partial charge in [-0.25, -0.2) is 0 Å². The van der Waals surface area contributed by atoms with Crippen LogP contribution in [-0.2, 0) is 11.3 Å². The Morgan fingerprint density at radius 2 is 2.08 bits per heavy atom. The normalized spacial score (nSPS) is 26.0. The summed E-state index contributed by atoms with van der Waals surface area (Å²) in [5.74, 6) is 2.51. The molecule has 5 nitrogen and oxygen atoms in total. The molecule has 1 aromatic carbocycles. The molecule has 3 atom stereocenters. The molecule has 0 saturated carbocycles. The van der Waals surface area contributed by atoms with Gasteiger partial charge in [0.25, 0.3) is 0 Å². The highest BCUT2D eigenvalue weighted by atomic mass is 16.5. The second kappa shape index (κ2) is 8.49. The van der Waals surface area contributed by atoms with Crippen LogP contribution in [0.2, 0.25) is 0 Å². The zero-order valence-electron chi connectivity index (χ0n) is 14.5. The van der Waals surface area contributed by atoms with Crippen LogP contribution in [0.5, 0.6) is 5.75 Å². The lowest BCUT2D eigenvalue weighted by Crippen LogP contribution is -2.54. The Morgan fingerprint density at radius 3 is 2.88 bits per heavy atom. The third kappa shape index (κ3) is 4.71. The number of carbonyl (C=O) groups is 1. The van der Waals surface area contributed by atoms with Gasteiger partial charge >= 0.3 is 0 Å². The first kappa shape index (κ1) is 17.2. The number of carbonyl (C=O) groups excluding carboxylic acids is 1. The molecule has 0 unspecified atom stereocenters. The van der Waals surface area contributed by atoms with Crippen LogP contribution in [0.3, 0.4) is 0 Å². The number of rotatable bonds is 7. The number of fused-ring (bicyclic) bond motifs is 2. The number of benzene rings is 1. The van der Waals surface area contributed by atoms with Crippen molar-refractivity contribution in [2.45, 2.75) is 38.3 Å². The predicted octanol–water partition coefficient (Wildman–Crippen LogP) is 1.68. The maximum Gasteiger partial charge on any atom is 0.220 e. The van der Waals surface area contributed by atoms with Gasteiger partial charge < -0.3 is 20.7 Å². The van der Waals surface area contributed by atoms with Crippen molar-refractivity contribution in [3.05, 3.63) is 29.8 Å². The highest BCUT2D eigenvalue weighted by Crippen LogP contribution is 2.26. The maximum atomic E-state index is 12.0. The fourth-order valence-electron chi connectivity index (χ4n) is 3.87. The molecule has 2 saturated heterocycles. The molecule has 132 valence electrons. The van der Waals surface area contributed by atoms with E-state index in [1.54, 1.807) is 7.11 Å². The van der Waals surface area contributed by atoms with Gasteiger partial charge in [-0.2, -0.15) is 0 Å². The van der Waals surface area contributed by atoms with Crippen LogP contribution < -0.4 is 20.7 Å². The standard InChI is InChI=1S/C19H29N3O2/c1-24-17-7-5-14(6-8-17)11-22-19(23)4-2-3-18-16-9-15(12-21-18)10-20-13-16/h5-8,15-16,18,20-21H,2-4,9-13H2,1H3,(H,22,23)/t15-,16+,18-/m0/s1. The van der Waals surface area contributed by atoms with Gasteiger partial charge in [0.1, 0.15) is 5.75 Å². The third-order valence-electron chi connectivity index (χ3n) is 5.28. The number of hydrogen-bond donors (Lipinski definition) is 3. The Hall–Kier alpha value is -1.59. The first-order chi connectivity index (χ1) is 11.7. The number of hydrogen-bond acceptors (Lipinski definition) is 4. The average Bonchev–Trinajstić information content (AvgIpc) is 2.62. The van der Waals surface area contributed by atoms with Crippen LogP contribution in [0.25, 0.3) is 0 Å². The summed E-state index contributed by atoms with van der Waals surface area (Å²) in [7, 11) is 1.65. The summed E-state index contributed by atoms with van der Waals surface area (Å²) in [5, 5.41) is 10.2. The van der Waals surface area contributed by atoms with Gasteiger partial charge in [0.2, 0.25) is 5.91 Å². The molecule has 2 bridgehead atoms. The molecule has 0 aromatic heterocycles. The molecule has 24 heavy (non-hydrogen) atoms. The van der Waals surface area contributed by atoms with Crippen LogP contribution in [0.15, 0.2) is 24.3 Å². The first-order valence-corrected chi connectivity index (χ1v) is 9.08. The SMILES string of the molecule is COc1ccc(CNC(=O)CCC[C@@H]2NC[C@@H]3CNC[C@H]2C3)cc1. The fraction of sp³-hybridized carbons (Fsp3) is 0.632. The molecule has 0 radical (unpaired) electrons. The van der Waals surface area contributed by atoms with Crippen molar-refractivity contribution in [2.75, 3.05) is 26.7 Å². The summed E-state index contributed by atoms with van der Waals surface area (Å²) in [6.45, 7) is 3.98. The van der Waals surface area contributed by atoms with Gasteiger partial charge in [0.15, 0.2) is 0 Å². The molecule has 3 N–H and O–H groups in total. The Balaban J connectivity index is 1.33. The van der Waals surface area contributed by atoms with Crippen LogP contribution in [-0.4, -0.2) is 38.7 Å². The van der Waals surface area contributed by atoms with Gasteiger partial charge in [-0.3, -0.25) is 4.79 Å². The van der Waals surface area contributed by atoms with Crippen molar-refractivity contribution in [2.24, 2.45) is 11.8 Å². The van der Waals surface area contributed by atoms with E-state index in [4.69, 9.17) is 4.74 Å². The molecule has 2 aliphatic heterocycles. The Bertz CT molecular complexity index is 532. The van der Waals surface area contributed by atoms with Gasteiger partial charge in [0.05, 0.1) is 7.11 Å². The topological polar surface area (TPSA) is 62.4 Å². The molecule has 2 aliphatic rings. The van der Waals surface area contributed by atoms with Crippen LogP contribution in [0.1, 0.15) is 31.2 Å². The van der Waals surface area contributed by atoms with Gasteiger partial charge in [-0.15, -0.1) is 0 Å². The van der Waals surface area contributed by atoms with Gasteiger partial charge in [-0.05, 0) is 68.4 Å². The quantitative estimate of drug-likeness (QED) is 0.711. The van der Waals surface area contributed by atoms with Crippen molar-refractivity contribution in [1.82, 2.24) is 16.0 Å². The highest BCUT2D eigenvalue weighted by Gasteiger charge is 2.32. The van der Waals surface area contributed by atoms with E-state index in [0.29, 0.717) is 19.0 Å². The lowest BCUT2D eigenvalue weighted by atomic mass is 9.80. The summed E-state index contributed by atoms with van der Waals surface area (Å²) >= 11 is 0. The molecule has 2 heterocycles. The van der Waals surface area contributed by atoms with Gasteiger partial charge in [-0.1, -0.05) is 12.1 Å². The first-order valence-electron chi connectivity index (χ1n) is 9.08. The van der Waals surface area contributed by atoms with Gasteiger partial charge in [0, 0.05) is 19.0 Å². The molecule has 5 heteroatoms. The minimum atomic E-state index is 0.140. The van der Waals surface area contributed by atoms with E-state index in [0.717, 1.165) is 55.6 Å². The number of ether oxygens (including phenoxy) is 1. The van der Waals surface area contributed by atoms with Crippen LogP contribution in [0, 0.1) is 11.8 Å². The molecular weight excluding hydrogens is 302 g/mol. The summed E-state index contributed by atoms with van der Waals surface area (Å²) < 4.78 is 5.14. The zero-order chi connectivity index (χ0) is 16.8. The van der Waals surface area contributed by atoms with E-state index >= 15 is 0 Å². The smallest absolute Gasteiger partial charge is 0.220 e. The molecule has 0 aliphatic carbocycles. The Labute approximate surface area is 144 Å². The van der Waals surface area contributed by atoms with E-state index in [9.17, 15) is 4.79 Å². The molecular formula is C19H29N3O2. The molecule has 1 amide bonds. The number of methoxy groups -OCH3 is 1. The van der Waals surface area contributed by atoms with Crippen molar-refractivity contribution in [3.63, 3.8) is 0 Å². The van der Waals surface area contributed by atoms with Crippen molar-refractivity contribution >= 4 is 5.91 Å². The summed E-state index contributed by atoms with van der Waals surface area (Å²) in [4.78, 5) is 12.0. The molecule has 1 aromatic rings. The second-order valence-electron chi connectivity index (χ2n) is 7.05. The maximum absolute atomic E-state index is 12.0. The van der Waals surface area contributed by atoms with Crippen molar-refractivity contribution in [3.8, 4) is 5.75 Å². The zero-order valence-corrected chi connectivity index (χ0v) is 14.5. The number of piperidine rings is 2. The lowest BCUT2D eigenvalue weighted by molar-refractivity contribution is -0.121. The molecule has 2 fully saturated rings. The summed E-state index contributed by atoms with van der Waals surface area (Å²) in [5.41, 5.74) is 1.09. The van der Waals surface area contributed by atoms with E-state index in [1.807, 2.05) is 24.3 Å². The van der Waals surface area contributed by atoms with Crippen LogP contribution in [0.4, 0.5) is 0 Å².